The molecule has 0 aliphatic rings. The fourth-order valence-electron chi connectivity index (χ4n) is 2.13. The lowest BCUT2D eigenvalue weighted by atomic mass is 10.1. The maximum Gasteiger partial charge on any atom is 0.234 e. The fraction of sp³-hybridized carbons (Fsp3) is 0.143. The van der Waals surface area contributed by atoms with E-state index in [0.717, 1.165) is 22.7 Å². The van der Waals surface area contributed by atoms with E-state index in [4.69, 9.17) is 10.5 Å². The van der Waals surface area contributed by atoms with E-state index in [1.165, 1.54) is 0 Å². The van der Waals surface area contributed by atoms with E-state index in [0.29, 0.717) is 12.3 Å². The monoisotopic (exact) mass is 254 g/mol. The van der Waals surface area contributed by atoms with Crippen LogP contribution in [0.3, 0.4) is 0 Å². The Bertz CT molecular complexity index is 720. The van der Waals surface area contributed by atoms with E-state index in [1.54, 1.807) is 13.3 Å². The van der Waals surface area contributed by atoms with Crippen molar-refractivity contribution in [2.24, 2.45) is 5.73 Å². The standard InChI is InChI=1S/C14H14N4O/c1-19-11-5-2-4-10(8-11)13-12(9-15)18-7-3-6-16-14(18)17-13/h2-8H,9,15H2,1H3. The van der Waals surface area contributed by atoms with Crippen LogP contribution in [0.4, 0.5) is 0 Å². The Labute approximate surface area is 110 Å². The summed E-state index contributed by atoms with van der Waals surface area (Å²) in [5, 5.41) is 0. The largest absolute Gasteiger partial charge is 0.497 e. The highest BCUT2D eigenvalue weighted by molar-refractivity contribution is 5.66. The Morgan fingerprint density at radius 1 is 1.32 bits per heavy atom. The second kappa shape index (κ2) is 4.70. The highest BCUT2D eigenvalue weighted by atomic mass is 16.5. The Morgan fingerprint density at radius 3 is 3.00 bits per heavy atom. The van der Waals surface area contributed by atoms with Gasteiger partial charge in [-0.2, -0.15) is 0 Å². The molecule has 0 spiro atoms. The number of benzene rings is 1. The van der Waals surface area contributed by atoms with E-state index < -0.39 is 0 Å². The van der Waals surface area contributed by atoms with Gasteiger partial charge in [0.25, 0.3) is 0 Å². The van der Waals surface area contributed by atoms with E-state index in [9.17, 15) is 0 Å². The quantitative estimate of drug-likeness (QED) is 0.774. The van der Waals surface area contributed by atoms with Crippen molar-refractivity contribution in [3.8, 4) is 17.0 Å². The molecule has 3 rings (SSSR count). The molecule has 0 bridgehead atoms. The van der Waals surface area contributed by atoms with Crippen molar-refractivity contribution in [2.45, 2.75) is 6.54 Å². The second-order valence-electron chi connectivity index (χ2n) is 4.13. The van der Waals surface area contributed by atoms with Gasteiger partial charge in [0.15, 0.2) is 0 Å². The van der Waals surface area contributed by atoms with Gasteiger partial charge in [-0.1, -0.05) is 12.1 Å². The zero-order valence-corrected chi connectivity index (χ0v) is 10.6. The Hall–Kier alpha value is -2.40. The molecule has 0 atom stereocenters. The topological polar surface area (TPSA) is 65.4 Å². The maximum atomic E-state index is 5.85. The third kappa shape index (κ3) is 1.94. The molecule has 96 valence electrons. The molecule has 0 saturated carbocycles. The van der Waals surface area contributed by atoms with E-state index in [1.807, 2.05) is 40.9 Å². The smallest absolute Gasteiger partial charge is 0.234 e. The van der Waals surface area contributed by atoms with Crippen molar-refractivity contribution in [3.05, 3.63) is 48.4 Å². The van der Waals surface area contributed by atoms with Crippen LogP contribution in [0.25, 0.3) is 17.0 Å². The van der Waals surface area contributed by atoms with Gasteiger partial charge in [0.05, 0.1) is 18.5 Å². The third-order valence-electron chi connectivity index (χ3n) is 3.04. The van der Waals surface area contributed by atoms with Crippen LogP contribution in [0.15, 0.2) is 42.7 Å². The van der Waals surface area contributed by atoms with E-state index in [-0.39, 0.29) is 0 Å². The van der Waals surface area contributed by atoms with E-state index in [2.05, 4.69) is 9.97 Å². The van der Waals surface area contributed by atoms with Crippen LogP contribution in [0.5, 0.6) is 5.75 Å². The van der Waals surface area contributed by atoms with Crippen LogP contribution in [0.1, 0.15) is 5.69 Å². The molecule has 0 radical (unpaired) electrons. The van der Waals surface area contributed by atoms with Crippen LogP contribution in [0, 0.1) is 0 Å². The minimum Gasteiger partial charge on any atom is -0.497 e. The van der Waals surface area contributed by atoms with Gasteiger partial charge in [0.2, 0.25) is 5.78 Å². The number of methoxy groups -OCH3 is 1. The molecule has 5 nitrogen and oxygen atoms in total. The highest BCUT2D eigenvalue weighted by Crippen LogP contribution is 2.26. The number of imidazole rings is 1. The summed E-state index contributed by atoms with van der Waals surface area (Å²) in [5.74, 6) is 1.45. The normalized spacial score (nSPS) is 10.8. The van der Waals surface area contributed by atoms with Crippen LogP contribution < -0.4 is 10.5 Å². The van der Waals surface area contributed by atoms with Gasteiger partial charge >= 0.3 is 0 Å². The summed E-state index contributed by atoms with van der Waals surface area (Å²) < 4.78 is 7.15. The molecule has 0 aliphatic carbocycles. The van der Waals surface area contributed by atoms with Gasteiger partial charge in [-0.25, -0.2) is 9.97 Å². The summed E-state index contributed by atoms with van der Waals surface area (Å²) in [6.45, 7) is 0.402. The van der Waals surface area contributed by atoms with Gasteiger partial charge in [-0.05, 0) is 18.2 Å². The Kier molecular flexibility index (Phi) is 2.89. The van der Waals surface area contributed by atoms with Crippen molar-refractivity contribution in [3.63, 3.8) is 0 Å². The minimum atomic E-state index is 0.402. The molecule has 5 heteroatoms. The molecule has 2 heterocycles. The molecule has 0 unspecified atom stereocenters. The zero-order valence-electron chi connectivity index (χ0n) is 10.6. The Morgan fingerprint density at radius 2 is 2.21 bits per heavy atom. The van der Waals surface area contributed by atoms with Gasteiger partial charge in [0.1, 0.15) is 5.75 Å². The summed E-state index contributed by atoms with van der Waals surface area (Å²) in [5.41, 5.74) is 8.61. The molecule has 0 aliphatic heterocycles. The lowest BCUT2D eigenvalue weighted by Gasteiger charge is -2.04. The van der Waals surface area contributed by atoms with Crippen molar-refractivity contribution in [1.82, 2.24) is 14.4 Å². The predicted octanol–water partition coefficient (Wildman–Crippen LogP) is 1.86. The number of ether oxygens (including phenoxy) is 1. The SMILES string of the molecule is COc1cccc(-c2nc3ncccn3c2CN)c1. The first kappa shape index (κ1) is 11.7. The van der Waals surface area contributed by atoms with Crippen molar-refractivity contribution < 1.29 is 4.74 Å². The molecular weight excluding hydrogens is 240 g/mol. The average molecular weight is 254 g/mol. The van der Waals surface area contributed by atoms with Crippen molar-refractivity contribution in [1.29, 1.82) is 0 Å². The molecule has 1 aromatic carbocycles. The number of fused-ring (bicyclic) bond motifs is 1. The van der Waals surface area contributed by atoms with Gasteiger partial charge in [-0.15, -0.1) is 0 Å². The lowest BCUT2D eigenvalue weighted by Crippen LogP contribution is -2.02. The van der Waals surface area contributed by atoms with E-state index >= 15 is 0 Å². The molecule has 19 heavy (non-hydrogen) atoms. The molecule has 2 aromatic heterocycles. The summed E-state index contributed by atoms with van der Waals surface area (Å²) in [6, 6.07) is 9.64. The van der Waals surface area contributed by atoms with Crippen molar-refractivity contribution >= 4 is 5.78 Å². The molecule has 0 saturated heterocycles. The van der Waals surface area contributed by atoms with Crippen LogP contribution >= 0.6 is 0 Å². The summed E-state index contributed by atoms with van der Waals surface area (Å²) in [4.78, 5) is 8.79. The summed E-state index contributed by atoms with van der Waals surface area (Å²) in [6.07, 6.45) is 3.64. The molecule has 0 fully saturated rings. The minimum absolute atomic E-state index is 0.402. The first-order valence-corrected chi connectivity index (χ1v) is 6.00. The van der Waals surface area contributed by atoms with Gasteiger partial charge in [0, 0.05) is 24.5 Å². The van der Waals surface area contributed by atoms with Gasteiger partial charge < -0.3 is 10.5 Å². The summed E-state index contributed by atoms with van der Waals surface area (Å²) in [7, 11) is 1.65. The van der Waals surface area contributed by atoms with Crippen LogP contribution in [0.2, 0.25) is 0 Å². The number of hydrogen-bond donors (Lipinski definition) is 1. The first-order valence-electron chi connectivity index (χ1n) is 6.00. The second-order valence-corrected chi connectivity index (χ2v) is 4.13. The number of rotatable bonds is 3. The Balaban J connectivity index is 2.23. The summed E-state index contributed by atoms with van der Waals surface area (Å²) >= 11 is 0. The first-order chi connectivity index (χ1) is 9.33. The molecule has 0 amide bonds. The van der Waals surface area contributed by atoms with Crippen LogP contribution in [-0.2, 0) is 6.54 Å². The van der Waals surface area contributed by atoms with Crippen LogP contribution in [-0.4, -0.2) is 21.5 Å². The highest BCUT2D eigenvalue weighted by Gasteiger charge is 2.13. The molecule has 3 aromatic rings. The molecule has 2 N–H and O–H groups in total. The average Bonchev–Trinajstić information content (AvgIpc) is 2.86. The third-order valence-corrected chi connectivity index (χ3v) is 3.04. The van der Waals surface area contributed by atoms with Crippen molar-refractivity contribution in [2.75, 3.05) is 7.11 Å². The number of nitrogens with zero attached hydrogens (tertiary/aromatic N) is 3. The zero-order chi connectivity index (χ0) is 13.2. The number of aromatic nitrogens is 3. The lowest BCUT2D eigenvalue weighted by molar-refractivity contribution is 0.415. The fourth-order valence-corrected chi connectivity index (χ4v) is 2.13. The number of nitrogens with two attached hydrogens (primary N) is 1. The maximum absolute atomic E-state index is 5.85. The number of hydrogen-bond acceptors (Lipinski definition) is 4. The van der Waals surface area contributed by atoms with Gasteiger partial charge in [-0.3, -0.25) is 4.40 Å². The predicted molar refractivity (Wildman–Crippen MR) is 72.9 cm³/mol. The molecular formula is C14H14N4O.